The van der Waals surface area contributed by atoms with E-state index in [0.29, 0.717) is 11.5 Å². The Kier molecular flexibility index (Phi) is 3.49. The fourth-order valence-electron chi connectivity index (χ4n) is 2.90. The molecule has 2 atom stereocenters. The molecular weight excluding hydrogens is 288 g/mol. The van der Waals surface area contributed by atoms with Gasteiger partial charge in [-0.1, -0.05) is 49.2 Å². The van der Waals surface area contributed by atoms with Gasteiger partial charge in [0.15, 0.2) is 0 Å². The average Bonchev–Trinajstić information content (AvgIpc) is 3.19. The monoisotopic (exact) mass is 304 g/mol. The minimum atomic E-state index is -0.414. The summed E-state index contributed by atoms with van der Waals surface area (Å²) in [5, 5.41) is 0.115. The summed E-state index contributed by atoms with van der Waals surface area (Å²) in [5.41, 5.74) is 1.41. The molecule has 0 bridgehead atoms. The number of hydrogen-bond donors (Lipinski definition) is 1. The van der Waals surface area contributed by atoms with Crippen LogP contribution in [-0.2, 0) is 0 Å². The SMILES string of the molecule is CCC1CC1n1c(=O)[nH]c(Cl)c(-c2ccccc2C)c1=O. The second-order valence-corrected chi connectivity index (χ2v) is 5.96. The summed E-state index contributed by atoms with van der Waals surface area (Å²) >= 11 is 6.14. The summed E-state index contributed by atoms with van der Waals surface area (Å²) < 4.78 is 1.34. The Morgan fingerprint density at radius 1 is 1.33 bits per heavy atom. The van der Waals surface area contributed by atoms with Crippen molar-refractivity contribution in [2.24, 2.45) is 5.92 Å². The number of H-pyrrole nitrogens is 1. The molecule has 1 saturated carbocycles. The van der Waals surface area contributed by atoms with Crippen LogP contribution < -0.4 is 11.2 Å². The number of hydrogen-bond acceptors (Lipinski definition) is 2. The molecule has 0 amide bonds. The fourth-order valence-corrected chi connectivity index (χ4v) is 3.16. The summed E-state index contributed by atoms with van der Waals surface area (Å²) in [5.74, 6) is 0.412. The molecule has 110 valence electrons. The Labute approximate surface area is 127 Å². The molecule has 5 heteroatoms. The predicted molar refractivity (Wildman–Crippen MR) is 83.9 cm³/mol. The first-order valence-corrected chi connectivity index (χ1v) is 7.52. The zero-order valence-electron chi connectivity index (χ0n) is 12.0. The van der Waals surface area contributed by atoms with Gasteiger partial charge < -0.3 is 0 Å². The van der Waals surface area contributed by atoms with Gasteiger partial charge in [-0.3, -0.25) is 14.3 Å². The first-order chi connectivity index (χ1) is 10.0. The summed E-state index contributed by atoms with van der Waals surface area (Å²) in [6.45, 7) is 3.99. The van der Waals surface area contributed by atoms with Crippen LogP contribution in [0.2, 0.25) is 5.15 Å². The van der Waals surface area contributed by atoms with Crippen molar-refractivity contribution in [1.29, 1.82) is 0 Å². The lowest BCUT2D eigenvalue weighted by Crippen LogP contribution is -2.36. The van der Waals surface area contributed by atoms with Crippen molar-refractivity contribution in [3.63, 3.8) is 0 Å². The number of nitrogens with zero attached hydrogens (tertiary/aromatic N) is 1. The molecule has 1 aliphatic rings. The second kappa shape index (κ2) is 5.19. The summed E-state index contributed by atoms with van der Waals surface area (Å²) in [4.78, 5) is 27.5. The number of aromatic nitrogens is 2. The van der Waals surface area contributed by atoms with E-state index in [2.05, 4.69) is 11.9 Å². The molecule has 4 nitrogen and oxygen atoms in total. The molecule has 1 aliphatic carbocycles. The largest absolute Gasteiger partial charge is 0.329 e. The number of benzene rings is 1. The highest BCUT2D eigenvalue weighted by molar-refractivity contribution is 6.32. The average molecular weight is 305 g/mol. The van der Waals surface area contributed by atoms with Crippen molar-refractivity contribution in [2.45, 2.75) is 32.7 Å². The minimum absolute atomic E-state index is 0.00582. The van der Waals surface area contributed by atoms with Crippen molar-refractivity contribution in [1.82, 2.24) is 9.55 Å². The van der Waals surface area contributed by atoms with E-state index in [9.17, 15) is 9.59 Å². The molecule has 0 saturated heterocycles. The van der Waals surface area contributed by atoms with Gasteiger partial charge in [0.1, 0.15) is 5.15 Å². The molecule has 1 heterocycles. The van der Waals surface area contributed by atoms with Gasteiger partial charge in [-0.15, -0.1) is 0 Å². The molecule has 1 aromatic carbocycles. The van der Waals surface area contributed by atoms with Crippen molar-refractivity contribution in [3.8, 4) is 11.1 Å². The quantitative estimate of drug-likeness (QED) is 0.886. The van der Waals surface area contributed by atoms with Crippen molar-refractivity contribution < 1.29 is 0 Å². The van der Waals surface area contributed by atoms with E-state index in [1.165, 1.54) is 4.57 Å². The third-order valence-electron chi connectivity index (χ3n) is 4.24. The minimum Gasteiger partial charge on any atom is -0.297 e. The lowest BCUT2D eigenvalue weighted by molar-refractivity contribution is 0.592. The number of aryl methyl sites for hydroxylation is 1. The first-order valence-electron chi connectivity index (χ1n) is 7.15. The second-order valence-electron chi connectivity index (χ2n) is 5.58. The molecule has 2 aromatic rings. The van der Waals surface area contributed by atoms with Gasteiger partial charge in [0.2, 0.25) is 0 Å². The van der Waals surface area contributed by atoms with E-state index in [4.69, 9.17) is 11.6 Å². The smallest absolute Gasteiger partial charge is 0.297 e. The molecule has 3 rings (SSSR count). The zero-order valence-corrected chi connectivity index (χ0v) is 12.8. The lowest BCUT2D eigenvalue weighted by atomic mass is 10.0. The zero-order chi connectivity index (χ0) is 15.1. The molecule has 1 fully saturated rings. The van der Waals surface area contributed by atoms with Crippen molar-refractivity contribution in [2.75, 3.05) is 0 Å². The maximum absolute atomic E-state index is 12.8. The lowest BCUT2D eigenvalue weighted by Gasteiger charge is -2.10. The van der Waals surface area contributed by atoms with Gasteiger partial charge in [0, 0.05) is 6.04 Å². The van der Waals surface area contributed by atoms with Gasteiger partial charge in [-0.2, -0.15) is 0 Å². The molecule has 2 unspecified atom stereocenters. The van der Waals surface area contributed by atoms with Crippen LogP contribution in [0.4, 0.5) is 0 Å². The van der Waals surface area contributed by atoms with Crippen LogP contribution in [-0.4, -0.2) is 9.55 Å². The highest BCUT2D eigenvalue weighted by Crippen LogP contribution is 2.44. The van der Waals surface area contributed by atoms with Crippen LogP contribution in [0.1, 0.15) is 31.4 Å². The number of aromatic amines is 1. The third kappa shape index (κ3) is 2.33. The normalized spacial score (nSPS) is 20.5. The van der Waals surface area contributed by atoms with Crippen LogP contribution in [0.3, 0.4) is 0 Å². The number of nitrogens with one attached hydrogen (secondary N) is 1. The fraction of sp³-hybridized carbons (Fsp3) is 0.375. The Morgan fingerprint density at radius 2 is 2.05 bits per heavy atom. The topological polar surface area (TPSA) is 54.9 Å². The predicted octanol–water partition coefficient (Wildman–Crippen LogP) is 3.14. The van der Waals surface area contributed by atoms with Gasteiger partial charge in [0.05, 0.1) is 5.56 Å². The molecule has 0 spiro atoms. The summed E-state index contributed by atoms with van der Waals surface area (Å²) in [7, 11) is 0. The van der Waals surface area contributed by atoms with Crippen LogP contribution in [0.15, 0.2) is 33.9 Å². The third-order valence-corrected chi connectivity index (χ3v) is 4.53. The first kappa shape index (κ1) is 14.1. The van der Waals surface area contributed by atoms with E-state index in [1.807, 2.05) is 31.2 Å². The van der Waals surface area contributed by atoms with Crippen LogP contribution >= 0.6 is 11.6 Å². The van der Waals surface area contributed by atoms with Gasteiger partial charge >= 0.3 is 5.69 Å². The van der Waals surface area contributed by atoms with Crippen LogP contribution in [0.5, 0.6) is 0 Å². The molecule has 0 radical (unpaired) electrons. The van der Waals surface area contributed by atoms with E-state index < -0.39 is 5.69 Å². The molecule has 1 N–H and O–H groups in total. The van der Waals surface area contributed by atoms with Crippen molar-refractivity contribution in [3.05, 3.63) is 55.8 Å². The molecule has 21 heavy (non-hydrogen) atoms. The van der Waals surface area contributed by atoms with Gasteiger partial charge in [0.25, 0.3) is 5.56 Å². The maximum Gasteiger partial charge on any atom is 0.329 e. The number of rotatable bonds is 3. The van der Waals surface area contributed by atoms with Crippen LogP contribution in [0, 0.1) is 12.8 Å². The molecule has 1 aromatic heterocycles. The number of halogens is 1. The summed E-state index contributed by atoms with van der Waals surface area (Å²) in [6.07, 6.45) is 1.85. The Bertz CT molecular complexity index is 807. The van der Waals surface area contributed by atoms with E-state index in [0.717, 1.165) is 24.0 Å². The van der Waals surface area contributed by atoms with Crippen LogP contribution in [0.25, 0.3) is 11.1 Å². The van der Waals surface area contributed by atoms with E-state index in [-0.39, 0.29) is 16.8 Å². The molecule has 0 aliphatic heterocycles. The van der Waals surface area contributed by atoms with E-state index >= 15 is 0 Å². The van der Waals surface area contributed by atoms with Gasteiger partial charge in [-0.25, -0.2) is 4.79 Å². The highest BCUT2D eigenvalue weighted by Gasteiger charge is 2.39. The Balaban J connectivity index is 2.23. The van der Waals surface area contributed by atoms with Gasteiger partial charge in [-0.05, 0) is 30.4 Å². The highest BCUT2D eigenvalue weighted by atomic mass is 35.5. The Hall–Kier alpha value is -1.81. The van der Waals surface area contributed by atoms with E-state index in [1.54, 1.807) is 0 Å². The standard InChI is InChI=1S/C16H17ClN2O2/c1-3-10-8-12(10)19-15(20)13(14(17)18-16(19)21)11-7-5-4-6-9(11)2/h4-7,10,12H,3,8H2,1-2H3,(H,18,21). The van der Waals surface area contributed by atoms with Crippen molar-refractivity contribution >= 4 is 11.6 Å². The molecular formula is C16H17ClN2O2. The Morgan fingerprint density at radius 3 is 2.67 bits per heavy atom. The summed E-state index contributed by atoms with van der Waals surface area (Å²) in [6, 6.07) is 7.55. The maximum atomic E-state index is 12.8.